The highest BCUT2D eigenvalue weighted by atomic mass is 31.1. The summed E-state index contributed by atoms with van der Waals surface area (Å²) in [6, 6.07) is 29.1. The average Bonchev–Trinajstić information content (AvgIpc) is 3.04. The molecule has 0 bridgehead atoms. The van der Waals surface area contributed by atoms with Gasteiger partial charge in [0.05, 0.1) is 19.1 Å². The number of hydrogen-bond acceptors (Lipinski definition) is 2. The van der Waals surface area contributed by atoms with Gasteiger partial charge in [-0.3, -0.25) is 0 Å². The Bertz CT molecular complexity index is 831. The number of nitrogens with zero attached hydrogens (tertiary/aromatic N) is 1. The minimum Gasteiger partial charge on any atom is -0.327 e. The number of nitrogens with one attached hydrogen (secondary N) is 2. The highest BCUT2D eigenvalue weighted by molar-refractivity contribution is 7.74. The number of imidazole rings is 1. The first kappa shape index (κ1) is 14.0. The second-order valence-electron chi connectivity index (χ2n) is 5.22. The summed E-state index contributed by atoms with van der Waals surface area (Å²) in [5.41, 5.74) is 2.03. The van der Waals surface area contributed by atoms with Crippen molar-refractivity contribution in [2.24, 2.45) is 0 Å². The van der Waals surface area contributed by atoms with E-state index in [0.717, 1.165) is 17.0 Å². The zero-order chi connectivity index (χ0) is 15.5. The molecule has 4 heteroatoms. The number of rotatable bonds is 4. The van der Waals surface area contributed by atoms with Crippen LogP contribution in [0.15, 0.2) is 84.9 Å². The van der Waals surface area contributed by atoms with Crippen molar-refractivity contribution in [3.8, 4) is 0 Å². The molecule has 0 saturated heterocycles. The van der Waals surface area contributed by atoms with E-state index >= 15 is 0 Å². The average molecular weight is 317 g/mol. The minimum absolute atomic E-state index is 0.708. The molecular weight excluding hydrogens is 301 g/mol. The predicted octanol–water partition coefficient (Wildman–Crippen LogP) is 4.02. The van der Waals surface area contributed by atoms with E-state index in [2.05, 4.69) is 63.6 Å². The second kappa shape index (κ2) is 6.23. The van der Waals surface area contributed by atoms with Crippen LogP contribution in [0.25, 0.3) is 11.0 Å². The molecule has 2 N–H and O–H groups in total. The molecule has 23 heavy (non-hydrogen) atoms. The highest BCUT2D eigenvalue weighted by Gasteiger charge is 2.15. The van der Waals surface area contributed by atoms with Crippen LogP contribution in [0.1, 0.15) is 0 Å². The molecule has 0 unspecified atom stereocenters. The lowest BCUT2D eigenvalue weighted by molar-refractivity contribution is 1.35. The summed E-state index contributed by atoms with van der Waals surface area (Å²) in [6.07, 6.45) is 0. The number of aromatic amines is 1. The number of H-pyrrole nitrogens is 1. The lowest BCUT2D eigenvalue weighted by atomic mass is 10.3. The summed E-state index contributed by atoms with van der Waals surface area (Å²) in [7, 11) is -0.708. The number of benzene rings is 3. The highest BCUT2D eigenvalue weighted by Crippen LogP contribution is 2.33. The molecule has 0 atom stereocenters. The molecule has 0 saturated carbocycles. The molecule has 1 aromatic heterocycles. The summed E-state index contributed by atoms with van der Waals surface area (Å²) in [5, 5.41) is 6.14. The molecule has 4 aromatic rings. The monoisotopic (exact) mass is 317 g/mol. The normalized spacial score (nSPS) is 11.0. The maximum Gasteiger partial charge on any atom is 0.204 e. The molecule has 4 rings (SSSR count). The molecule has 3 nitrogen and oxygen atoms in total. The van der Waals surface area contributed by atoms with Gasteiger partial charge >= 0.3 is 0 Å². The van der Waals surface area contributed by atoms with Crippen LogP contribution in [0.5, 0.6) is 0 Å². The summed E-state index contributed by atoms with van der Waals surface area (Å²) >= 11 is 0. The van der Waals surface area contributed by atoms with E-state index in [4.69, 9.17) is 0 Å². The van der Waals surface area contributed by atoms with Crippen molar-refractivity contribution < 1.29 is 0 Å². The Morgan fingerprint density at radius 3 is 1.87 bits per heavy atom. The fraction of sp³-hybridized carbons (Fsp3) is 0. The third-order valence-corrected chi connectivity index (χ3v) is 5.70. The van der Waals surface area contributed by atoms with Gasteiger partial charge in [0.15, 0.2) is 0 Å². The first-order valence-electron chi connectivity index (χ1n) is 7.52. The van der Waals surface area contributed by atoms with E-state index in [9.17, 15) is 0 Å². The van der Waals surface area contributed by atoms with E-state index in [1.165, 1.54) is 10.6 Å². The van der Waals surface area contributed by atoms with Gasteiger partial charge in [0.25, 0.3) is 0 Å². The number of hydrogen-bond donors (Lipinski definition) is 2. The van der Waals surface area contributed by atoms with Crippen LogP contribution < -0.4 is 15.7 Å². The van der Waals surface area contributed by atoms with Gasteiger partial charge in [0, 0.05) is 10.6 Å². The first-order chi connectivity index (χ1) is 11.4. The van der Waals surface area contributed by atoms with Crippen LogP contribution in [0, 0.1) is 0 Å². The molecule has 0 aliphatic rings. The smallest absolute Gasteiger partial charge is 0.204 e. The van der Waals surface area contributed by atoms with E-state index in [-0.39, 0.29) is 0 Å². The molecule has 0 radical (unpaired) electrons. The third kappa shape index (κ3) is 2.96. The maximum absolute atomic E-state index is 4.65. The predicted molar refractivity (Wildman–Crippen MR) is 98.8 cm³/mol. The largest absolute Gasteiger partial charge is 0.327 e. The van der Waals surface area contributed by atoms with Gasteiger partial charge < -0.3 is 10.1 Å². The van der Waals surface area contributed by atoms with Gasteiger partial charge in [-0.15, -0.1) is 0 Å². The zero-order valence-electron chi connectivity index (χ0n) is 12.5. The summed E-state index contributed by atoms with van der Waals surface area (Å²) in [6.45, 7) is 0. The van der Waals surface area contributed by atoms with E-state index in [0.29, 0.717) is 0 Å². The van der Waals surface area contributed by atoms with Crippen LogP contribution >= 0.6 is 8.07 Å². The van der Waals surface area contributed by atoms with Crippen molar-refractivity contribution in [1.82, 2.24) is 9.97 Å². The molecule has 0 aliphatic carbocycles. The Morgan fingerprint density at radius 1 is 0.696 bits per heavy atom. The van der Waals surface area contributed by atoms with E-state index in [1.807, 2.05) is 36.4 Å². The fourth-order valence-electron chi connectivity index (χ4n) is 2.54. The number of aromatic nitrogens is 2. The van der Waals surface area contributed by atoms with Crippen LogP contribution in [0.4, 0.5) is 5.95 Å². The zero-order valence-corrected chi connectivity index (χ0v) is 13.4. The van der Waals surface area contributed by atoms with Crippen molar-refractivity contribution in [1.29, 1.82) is 0 Å². The summed E-state index contributed by atoms with van der Waals surface area (Å²) in [5.74, 6) is 0.810. The minimum atomic E-state index is -0.708. The van der Waals surface area contributed by atoms with Gasteiger partial charge in [-0.25, -0.2) is 4.98 Å². The van der Waals surface area contributed by atoms with Crippen LogP contribution in [0.2, 0.25) is 0 Å². The van der Waals surface area contributed by atoms with Crippen LogP contribution in [0.3, 0.4) is 0 Å². The maximum atomic E-state index is 4.65. The Balaban J connectivity index is 1.73. The van der Waals surface area contributed by atoms with Crippen molar-refractivity contribution >= 4 is 35.7 Å². The molecule has 112 valence electrons. The first-order valence-corrected chi connectivity index (χ1v) is 8.86. The van der Waals surface area contributed by atoms with Gasteiger partial charge in [-0.1, -0.05) is 72.8 Å². The van der Waals surface area contributed by atoms with Crippen LogP contribution in [-0.4, -0.2) is 9.97 Å². The summed E-state index contributed by atoms with van der Waals surface area (Å²) in [4.78, 5) is 8.01. The molecule has 0 aliphatic heterocycles. The lowest BCUT2D eigenvalue weighted by Crippen LogP contribution is -2.17. The van der Waals surface area contributed by atoms with E-state index in [1.54, 1.807) is 0 Å². The Hall–Kier alpha value is -2.64. The van der Waals surface area contributed by atoms with Crippen molar-refractivity contribution in [3.05, 3.63) is 84.9 Å². The second-order valence-corrected chi connectivity index (χ2v) is 7.15. The molecule has 0 amide bonds. The summed E-state index contributed by atoms with van der Waals surface area (Å²) < 4.78 is 0. The topological polar surface area (TPSA) is 40.7 Å². The number of para-hydroxylation sites is 2. The molecule has 1 heterocycles. The van der Waals surface area contributed by atoms with Gasteiger partial charge in [0.1, 0.15) is 0 Å². The van der Waals surface area contributed by atoms with Gasteiger partial charge in [-0.05, 0) is 12.1 Å². The number of anilines is 1. The lowest BCUT2D eigenvalue weighted by Gasteiger charge is -2.19. The van der Waals surface area contributed by atoms with Crippen LogP contribution in [-0.2, 0) is 0 Å². The molecular formula is C19H16N3P. The van der Waals surface area contributed by atoms with Gasteiger partial charge in [0.2, 0.25) is 5.95 Å². The molecule has 0 spiro atoms. The van der Waals surface area contributed by atoms with Crippen molar-refractivity contribution in [2.75, 3.05) is 5.09 Å². The van der Waals surface area contributed by atoms with Crippen molar-refractivity contribution in [2.45, 2.75) is 0 Å². The Kier molecular flexibility index (Phi) is 3.79. The van der Waals surface area contributed by atoms with Gasteiger partial charge in [-0.2, -0.15) is 0 Å². The van der Waals surface area contributed by atoms with E-state index < -0.39 is 8.07 Å². The third-order valence-electron chi connectivity index (χ3n) is 3.64. The SMILES string of the molecule is c1ccc(P(Nc2nc3ccccc3[nH]2)c2ccccc2)cc1. The quantitative estimate of drug-likeness (QED) is 0.558. The number of fused-ring (bicyclic) bond motifs is 1. The Morgan fingerprint density at radius 2 is 1.26 bits per heavy atom. The standard InChI is InChI=1S/C19H16N3P/c1-3-9-15(10-4-1)23(16-11-5-2-6-12-16)22-19-20-17-13-7-8-14-18(17)21-19/h1-14H,(H2,20,21,22). The Labute approximate surface area is 136 Å². The fourth-order valence-corrected chi connectivity index (χ4v) is 4.36. The molecule has 0 fully saturated rings. The molecule has 3 aromatic carbocycles. The van der Waals surface area contributed by atoms with Crippen molar-refractivity contribution in [3.63, 3.8) is 0 Å².